The second kappa shape index (κ2) is 9.23. The molecule has 0 fully saturated rings. The van der Waals surface area contributed by atoms with Crippen molar-refractivity contribution in [3.05, 3.63) is 99.2 Å². The smallest absolute Gasteiger partial charge is 0.345 e. The van der Waals surface area contributed by atoms with Gasteiger partial charge in [-0.2, -0.15) is 15.8 Å². The first kappa shape index (κ1) is 22.0. The molecular formula is C28H16N4O2S. The zero-order valence-electron chi connectivity index (χ0n) is 18.3. The summed E-state index contributed by atoms with van der Waals surface area (Å²) < 4.78 is 5.60. The minimum Gasteiger partial charge on any atom is -0.422 e. The Bertz CT molecular complexity index is 1720. The Kier molecular flexibility index (Phi) is 5.81. The van der Waals surface area contributed by atoms with E-state index in [4.69, 9.17) is 4.42 Å². The van der Waals surface area contributed by atoms with Crippen LogP contribution in [-0.2, 0) is 0 Å². The predicted octanol–water partition coefficient (Wildman–Crippen LogP) is 6.12. The van der Waals surface area contributed by atoms with Gasteiger partial charge in [0.05, 0.1) is 29.5 Å². The molecule has 0 aliphatic rings. The monoisotopic (exact) mass is 472 g/mol. The van der Waals surface area contributed by atoms with Crippen molar-refractivity contribution in [2.75, 3.05) is 0 Å². The quantitative estimate of drug-likeness (QED) is 0.225. The highest BCUT2D eigenvalue weighted by Crippen LogP contribution is 2.40. The summed E-state index contributed by atoms with van der Waals surface area (Å²) in [7, 11) is 0. The molecular weight excluding hydrogens is 456 g/mol. The van der Waals surface area contributed by atoms with E-state index in [-0.39, 0.29) is 0 Å². The van der Waals surface area contributed by atoms with Crippen molar-refractivity contribution in [3.8, 4) is 29.5 Å². The Morgan fingerprint density at radius 1 is 0.857 bits per heavy atom. The average molecular weight is 473 g/mol. The Labute approximate surface area is 204 Å². The molecule has 0 amide bonds. The molecule has 0 radical (unpaired) electrons. The van der Waals surface area contributed by atoms with Crippen LogP contribution in [0.3, 0.4) is 0 Å². The van der Waals surface area contributed by atoms with Crippen molar-refractivity contribution >= 4 is 33.1 Å². The number of nitrogens with zero attached hydrogens (tertiary/aromatic N) is 4. The maximum atomic E-state index is 12.8. The van der Waals surface area contributed by atoms with E-state index in [2.05, 4.69) is 11.1 Å². The molecule has 35 heavy (non-hydrogen) atoms. The normalized spacial score (nSPS) is 12.6. The van der Waals surface area contributed by atoms with E-state index in [9.17, 15) is 20.6 Å². The predicted molar refractivity (Wildman–Crippen MR) is 133 cm³/mol. The topological polar surface area (TPSA) is 114 Å². The van der Waals surface area contributed by atoms with Crippen molar-refractivity contribution < 1.29 is 4.42 Å². The highest BCUT2D eigenvalue weighted by atomic mass is 32.1. The summed E-state index contributed by atoms with van der Waals surface area (Å²) in [6, 6.07) is 28.6. The average Bonchev–Trinajstić information content (AvgIpc) is 3.38. The van der Waals surface area contributed by atoms with Crippen molar-refractivity contribution in [1.29, 1.82) is 15.8 Å². The maximum Gasteiger partial charge on any atom is 0.345 e. The molecule has 0 spiro atoms. The Morgan fingerprint density at radius 2 is 1.60 bits per heavy atom. The van der Waals surface area contributed by atoms with Crippen LogP contribution in [0.4, 0.5) is 0 Å². The summed E-state index contributed by atoms with van der Waals surface area (Å²) in [5.41, 5.74) is 1.36. The zero-order valence-corrected chi connectivity index (χ0v) is 19.1. The summed E-state index contributed by atoms with van der Waals surface area (Å²) in [6.07, 6.45) is 0. The maximum absolute atomic E-state index is 12.8. The number of thiazole rings is 1. The van der Waals surface area contributed by atoms with Crippen LogP contribution < -0.4 is 5.63 Å². The van der Waals surface area contributed by atoms with Gasteiger partial charge in [-0.25, -0.2) is 9.78 Å². The highest BCUT2D eigenvalue weighted by molar-refractivity contribution is 7.10. The SMILES string of the molecule is N#CC(C#N)C(c1ccccc1)C(C#N)c1nc(-c2cc3c(ccc4ccccc43)oc2=O)cs1. The molecule has 2 heterocycles. The Balaban J connectivity index is 1.62. The molecule has 0 aliphatic heterocycles. The van der Waals surface area contributed by atoms with Crippen LogP contribution in [0.5, 0.6) is 0 Å². The summed E-state index contributed by atoms with van der Waals surface area (Å²) in [4.78, 5) is 17.4. The number of nitriles is 3. The summed E-state index contributed by atoms with van der Waals surface area (Å²) in [5.74, 6) is -2.56. The number of benzene rings is 3. The van der Waals surface area contributed by atoms with Crippen molar-refractivity contribution in [2.45, 2.75) is 11.8 Å². The molecule has 7 heteroatoms. The number of hydrogen-bond donors (Lipinski definition) is 0. The molecule has 2 unspecified atom stereocenters. The summed E-state index contributed by atoms with van der Waals surface area (Å²) >= 11 is 1.22. The molecule has 3 aromatic carbocycles. The lowest BCUT2D eigenvalue weighted by molar-refractivity contribution is 0.559. The summed E-state index contributed by atoms with van der Waals surface area (Å²) in [6.45, 7) is 0. The Hall–Kier alpha value is -4.77. The molecule has 2 atom stereocenters. The number of rotatable bonds is 5. The molecule has 6 nitrogen and oxygen atoms in total. The molecule has 0 saturated heterocycles. The molecule has 5 aromatic rings. The van der Waals surface area contributed by atoms with Gasteiger partial charge < -0.3 is 4.42 Å². The van der Waals surface area contributed by atoms with Crippen LogP contribution in [0.2, 0.25) is 0 Å². The lowest BCUT2D eigenvalue weighted by atomic mass is 9.78. The van der Waals surface area contributed by atoms with Gasteiger partial charge in [-0.15, -0.1) is 11.3 Å². The van der Waals surface area contributed by atoms with Gasteiger partial charge in [0.1, 0.15) is 22.4 Å². The van der Waals surface area contributed by atoms with Gasteiger partial charge in [0.15, 0.2) is 0 Å². The van der Waals surface area contributed by atoms with E-state index in [1.54, 1.807) is 41.8 Å². The van der Waals surface area contributed by atoms with E-state index < -0.39 is 23.4 Å². The van der Waals surface area contributed by atoms with Crippen LogP contribution in [-0.4, -0.2) is 4.98 Å². The van der Waals surface area contributed by atoms with Gasteiger partial charge in [0.25, 0.3) is 0 Å². The van der Waals surface area contributed by atoms with Crippen molar-refractivity contribution in [2.24, 2.45) is 5.92 Å². The van der Waals surface area contributed by atoms with E-state index in [0.29, 0.717) is 27.4 Å². The van der Waals surface area contributed by atoms with Gasteiger partial charge in [-0.3, -0.25) is 0 Å². The number of hydrogen-bond acceptors (Lipinski definition) is 7. The molecule has 0 N–H and O–H groups in total. The van der Waals surface area contributed by atoms with Gasteiger partial charge in [0.2, 0.25) is 0 Å². The largest absolute Gasteiger partial charge is 0.422 e. The minimum absolute atomic E-state index is 0.293. The first-order chi connectivity index (χ1) is 17.1. The van der Waals surface area contributed by atoms with Gasteiger partial charge in [0, 0.05) is 16.7 Å². The summed E-state index contributed by atoms with van der Waals surface area (Å²) in [5, 5.41) is 34.2. The minimum atomic E-state index is -1.04. The molecule has 0 aliphatic carbocycles. The van der Waals surface area contributed by atoms with Gasteiger partial charge >= 0.3 is 5.63 Å². The van der Waals surface area contributed by atoms with E-state index in [0.717, 1.165) is 16.2 Å². The Morgan fingerprint density at radius 3 is 2.34 bits per heavy atom. The van der Waals surface area contributed by atoms with Crippen LogP contribution in [0, 0.1) is 39.9 Å². The second-order valence-electron chi connectivity index (χ2n) is 8.00. The molecule has 166 valence electrons. The van der Waals surface area contributed by atoms with Crippen molar-refractivity contribution in [1.82, 2.24) is 4.98 Å². The molecule has 0 bridgehead atoms. The number of aromatic nitrogens is 1. The first-order valence-corrected chi connectivity index (χ1v) is 11.7. The fourth-order valence-corrected chi connectivity index (χ4v) is 5.24. The third-order valence-electron chi connectivity index (χ3n) is 6.03. The first-order valence-electron chi connectivity index (χ1n) is 10.8. The molecule has 5 rings (SSSR count). The van der Waals surface area contributed by atoms with Crippen LogP contribution in [0.15, 0.2) is 87.4 Å². The van der Waals surface area contributed by atoms with E-state index >= 15 is 0 Å². The highest BCUT2D eigenvalue weighted by Gasteiger charge is 2.34. The third kappa shape index (κ3) is 3.93. The molecule has 0 saturated carbocycles. The third-order valence-corrected chi connectivity index (χ3v) is 6.95. The fourth-order valence-electron chi connectivity index (χ4n) is 4.34. The fraction of sp³-hybridized carbons (Fsp3) is 0.107. The van der Waals surface area contributed by atoms with Crippen LogP contribution in [0.25, 0.3) is 33.0 Å². The lowest BCUT2D eigenvalue weighted by Crippen LogP contribution is -2.18. The second-order valence-corrected chi connectivity index (χ2v) is 8.89. The van der Waals surface area contributed by atoms with Gasteiger partial charge in [-0.05, 0) is 28.5 Å². The number of fused-ring (bicyclic) bond motifs is 3. The zero-order chi connectivity index (χ0) is 24.4. The van der Waals surface area contributed by atoms with Gasteiger partial charge in [-0.1, -0.05) is 60.7 Å². The van der Waals surface area contributed by atoms with E-state index in [1.165, 1.54) is 11.3 Å². The van der Waals surface area contributed by atoms with Crippen LogP contribution in [0.1, 0.15) is 22.4 Å². The lowest BCUT2D eigenvalue weighted by Gasteiger charge is -2.21. The van der Waals surface area contributed by atoms with Crippen molar-refractivity contribution in [3.63, 3.8) is 0 Å². The standard InChI is InChI=1S/C28H16N4O2S/c29-13-19(14-30)26(18-7-2-1-3-8-18)23(15-31)27-32-24(16-35-27)22-12-21-20-9-5-4-6-17(20)10-11-25(21)34-28(22)33/h1-12,16,19,23,26H. The van der Waals surface area contributed by atoms with Crippen LogP contribution >= 0.6 is 11.3 Å². The van der Waals surface area contributed by atoms with E-state index in [1.807, 2.05) is 48.5 Å². The molecule has 2 aromatic heterocycles.